The van der Waals surface area contributed by atoms with Crippen molar-refractivity contribution >= 4 is 17.2 Å². The first-order valence-electron chi connectivity index (χ1n) is 10.8. The Hall–Kier alpha value is -4.39. The van der Waals surface area contributed by atoms with E-state index in [0.717, 1.165) is 15.6 Å². The maximum absolute atomic E-state index is 13.8. The minimum atomic E-state index is -2.78. The van der Waals surface area contributed by atoms with Gasteiger partial charge in [0.05, 0.1) is 11.9 Å². The van der Waals surface area contributed by atoms with Crippen molar-refractivity contribution in [2.45, 2.75) is 12.8 Å². The lowest BCUT2D eigenvalue weighted by atomic mass is 10.0. The fourth-order valence-electron chi connectivity index (χ4n) is 3.86. The minimum Gasteiger partial charge on any atom is -0.322 e. The Balaban J connectivity index is 1.52. The molecule has 168 valence electrons. The number of carbonyl (C=O) groups excluding carboxylic acids is 1. The molecular formula is C27H20F2N4O. The highest BCUT2D eigenvalue weighted by Gasteiger charge is 2.22. The van der Waals surface area contributed by atoms with Gasteiger partial charge in [-0.1, -0.05) is 78.9 Å². The molecule has 0 spiro atoms. The molecule has 34 heavy (non-hydrogen) atoms. The number of anilines is 1. The van der Waals surface area contributed by atoms with Crippen LogP contribution in [0.15, 0.2) is 97.2 Å². The molecule has 1 amide bonds. The van der Waals surface area contributed by atoms with Crippen molar-refractivity contribution < 1.29 is 13.6 Å². The van der Waals surface area contributed by atoms with Crippen LogP contribution in [0, 0.1) is 0 Å². The molecule has 0 saturated heterocycles. The highest BCUT2D eigenvalue weighted by atomic mass is 19.3. The molecule has 0 aliphatic carbocycles. The van der Waals surface area contributed by atoms with Gasteiger partial charge in [0.1, 0.15) is 11.3 Å². The summed E-state index contributed by atoms with van der Waals surface area (Å²) < 4.78 is 28.7. The van der Waals surface area contributed by atoms with Crippen molar-refractivity contribution in [1.29, 1.82) is 0 Å². The van der Waals surface area contributed by atoms with E-state index >= 15 is 0 Å². The second kappa shape index (κ2) is 9.23. The third-order valence-corrected chi connectivity index (χ3v) is 5.54. The second-order valence-corrected chi connectivity index (χ2v) is 7.80. The number of nitrogens with one attached hydrogen (secondary N) is 1. The lowest BCUT2D eigenvalue weighted by Gasteiger charge is -2.11. The summed E-state index contributed by atoms with van der Waals surface area (Å²) in [6.45, 7) is 0. The van der Waals surface area contributed by atoms with Crippen molar-refractivity contribution in [3.05, 3.63) is 120 Å². The van der Waals surface area contributed by atoms with Gasteiger partial charge in [-0.25, -0.2) is 18.3 Å². The minimum absolute atomic E-state index is 0.0784. The Morgan fingerprint density at radius 2 is 1.59 bits per heavy atom. The summed E-state index contributed by atoms with van der Waals surface area (Å²) in [4.78, 5) is 17.7. The van der Waals surface area contributed by atoms with Crippen LogP contribution in [0.3, 0.4) is 0 Å². The average Bonchev–Trinajstić information content (AvgIpc) is 3.30. The predicted molar refractivity (Wildman–Crippen MR) is 127 cm³/mol. The van der Waals surface area contributed by atoms with Crippen LogP contribution >= 0.6 is 0 Å². The first kappa shape index (κ1) is 21.5. The van der Waals surface area contributed by atoms with E-state index in [1.165, 1.54) is 12.3 Å². The Morgan fingerprint density at radius 3 is 2.32 bits per heavy atom. The van der Waals surface area contributed by atoms with Gasteiger partial charge in [-0.05, 0) is 29.7 Å². The van der Waals surface area contributed by atoms with E-state index in [-0.39, 0.29) is 16.9 Å². The maximum Gasteiger partial charge on any atom is 0.280 e. The topological polar surface area (TPSA) is 59.3 Å². The molecule has 0 aliphatic rings. The van der Waals surface area contributed by atoms with Crippen molar-refractivity contribution in [3.8, 4) is 11.3 Å². The predicted octanol–water partition coefficient (Wildman–Crippen LogP) is 6.18. The highest BCUT2D eigenvalue weighted by Crippen LogP contribution is 2.27. The summed E-state index contributed by atoms with van der Waals surface area (Å²) in [6, 6.07) is 27.7. The van der Waals surface area contributed by atoms with Crippen LogP contribution in [0.1, 0.15) is 33.6 Å². The van der Waals surface area contributed by atoms with E-state index in [2.05, 4.69) is 15.4 Å². The monoisotopic (exact) mass is 454 g/mol. The molecule has 0 saturated carbocycles. The van der Waals surface area contributed by atoms with Gasteiger partial charge in [-0.3, -0.25) is 4.79 Å². The van der Waals surface area contributed by atoms with Gasteiger partial charge in [0.2, 0.25) is 0 Å². The molecule has 2 aromatic heterocycles. The molecule has 3 aromatic carbocycles. The molecule has 1 N–H and O–H groups in total. The Kier molecular flexibility index (Phi) is 5.82. The number of carbonyl (C=O) groups is 1. The van der Waals surface area contributed by atoms with E-state index in [9.17, 15) is 13.6 Å². The van der Waals surface area contributed by atoms with Crippen molar-refractivity contribution in [2.75, 3.05) is 5.32 Å². The number of hydrogen-bond acceptors (Lipinski definition) is 3. The van der Waals surface area contributed by atoms with E-state index < -0.39 is 12.3 Å². The van der Waals surface area contributed by atoms with Gasteiger partial charge in [-0.15, -0.1) is 0 Å². The number of halogens is 2. The first-order valence-corrected chi connectivity index (χ1v) is 10.8. The third-order valence-electron chi connectivity index (χ3n) is 5.54. The molecule has 0 radical (unpaired) electrons. The van der Waals surface area contributed by atoms with Crippen LogP contribution in [0.4, 0.5) is 14.5 Å². The van der Waals surface area contributed by atoms with Crippen LogP contribution in [-0.4, -0.2) is 20.5 Å². The maximum atomic E-state index is 13.8. The molecule has 5 aromatic rings. The number of benzene rings is 3. The largest absolute Gasteiger partial charge is 0.322 e. The van der Waals surface area contributed by atoms with E-state index in [1.807, 2.05) is 60.7 Å². The average molecular weight is 454 g/mol. The van der Waals surface area contributed by atoms with Crippen LogP contribution in [0.25, 0.3) is 16.9 Å². The van der Waals surface area contributed by atoms with Gasteiger partial charge < -0.3 is 5.32 Å². The number of aromatic nitrogens is 3. The quantitative estimate of drug-likeness (QED) is 0.333. The van der Waals surface area contributed by atoms with Gasteiger partial charge in [0.15, 0.2) is 5.65 Å². The number of nitrogens with zero attached hydrogens (tertiary/aromatic N) is 3. The summed E-state index contributed by atoms with van der Waals surface area (Å²) in [5.74, 6) is -0.464. The Labute approximate surface area is 194 Å². The standard InChI is InChI=1S/C27H20F2N4O/c28-25(29)24-16-23(19-11-5-2-6-12-19)31-26-21(17-30-33(24)26)27(34)32-22-14-8-7-13-20(22)15-18-9-3-1-4-10-18/h1-14,16-17,25H,15H2,(H,32,34). The summed E-state index contributed by atoms with van der Waals surface area (Å²) in [7, 11) is 0. The summed E-state index contributed by atoms with van der Waals surface area (Å²) >= 11 is 0. The van der Waals surface area contributed by atoms with Crippen molar-refractivity contribution in [2.24, 2.45) is 0 Å². The van der Waals surface area contributed by atoms with E-state index in [0.29, 0.717) is 23.4 Å². The fourth-order valence-corrected chi connectivity index (χ4v) is 3.86. The number of rotatable bonds is 6. The Bertz CT molecular complexity index is 1450. The van der Waals surface area contributed by atoms with Crippen LogP contribution in [-0.2, 0) is 6.42 Å². The molecule has 5 rings (SSSR count). The van der Waals surface area contributed by atoms with Gasteiger partial charge in [-0.2, -0.15) is 5.10 Å². The van der Waals surface area contributed by atoms with Crippen molar-refractivity contribution in [3.63, 3.8) is 0 Å². The normalized spacial score (nSPS) is 11.1. The summed E-state index contributed by atoms with van der Waals surface area (Å²) in [5, 5.41) is 6.95. The second-order valence-electron chi connectivity index (χ2n) is 7.80. The molecule has 0 bridgehead atoms. The van der Waals surface area contributed by atoms with Crippen LogP contribution < -0.4 is 5.32 Å². The molecular weight excluding hydrogens is 434 g/mol. The van der Waals surface area contributed by atoms with Gasteiger partial charge in [0.25, 0.3) is 12.3 Å². The van der Waals surface area contributed by atoms with Crippen LogP contribution in [0.5, 0.6) is 0 Å². The molecule has 0 fully saturated rings. The summed E-state index contributed by atoms with van der Waals surface area (Å²) in [6.07, 6.45) is -0.869. The highest BCUT2D eigenvalue weighted by molar-refractivity contribution is 6.08. The molecule has 2 heterocycles. The molecule has 0 aliphatic heterocycles. The smallest absolute Gasteiger partial charge is 0.280 e. The fraction of sp³-hybridized carbons (Fsp3) is 0.0741. The van der Waals surface area contributed by atoms with E-state index in [4.69, 9.17) is 0 Å². The van der Waals surface area contributed by atoms with Gasteiger partial charge in [0, 0.05) is 11.3 Å². The Morgan fingerprint density at radius 1 is 0.912 bits per heavy atom. The number of hydrogen-bond donors (Lipinski definition) is 1. The molecule has 7 heteroatoms. The zero-order valence-corrected chi connectivity index (χ0v) is 18.0. The zero-order valence-electron chi connectivity index (χ0n) is 18.0. The number of alkyl halides is 2. The molecule has 0 atom stereocenters. The first-order chi connectivity index (χ1) is 16.6. The molecule has 0 unspecified atom stereocenters. The zero-order chi connectivity index (χ0) is 23.5. The van der Waals surface area contributed by atoms with Crippen molar-refractivity contribution in [1.82, 2.24) is 14.6 Å². The van der Waals surface area contributed by atoms with Crippen LogP contribution in [0.2, 0.25) is 0 Å². The number of amides is 1. The van der Waals surface area contributed by atoms with E-state index in [1.54, 1.807) is 24.3 Å². The SMILES string of the molecule is O=C(Nc1ccccc1Cc1ccccc1)c1cnn2c(C(F)F)cc(-c3ccccc3)nc12. The number of para-hydroxylation sites is 1. The summed E-state index contributed by atoms with van der Waals surface area (Å²) in [5.41, 5.74) is 3.58. The lowest BCUT2D eigenvalue weighted by Crippen LogP contribution is -2.14. The number of fused-ring (bicyclic) bond motifs is 1. The third kappa shape index (κ3) is 4.28. The van der Waals surface area contributed by atoms with Gasteiger partial charge >= 0.3 is 0 Å². The lowest BCUT2D eigenvalue weighted by molar-refractivity contribution is 0.102. The molecule has 5 nitrogen and oxygen atoms in total.